The van der Waals surface area contributed by atoms with Crippen molar-refractivity contribution in [2.24, 2.45) is 0 Å². The number of hydrogen-bond donors (Lipinski definition) is 1. The number of carbonyl (C=O) groups is 1. The standard InChI is InChI=1S/C18H16N2O3S/c21-17(7-6-12-4-2-1-3-5-12)20-18-19-13-10-14-15(11-16(13)24-18)23-9-8-22-14/h1-5,10-11H,6-9H2,(H,19,20,21). The van der Waals surface area contributed by atoms with Crippen molar-refractivity contribution < 1.29 is 14.3 Å². The van der Waals surface area contributed by atoms with Crippen LogP contribution in [-0.4, -0.2) is 24.1 Å². The molecule has 1 N–H and O–H groups in total. The van der Waals surface area contributed by atoms with Gasteiger partial charge in [-0.3, -0.25) is 4.79 Å². The van der Waals surface area contributed by atoms with Gasteiger partial charge in [0.2, 0.25) is 5.91 Å². The van der Waals surface area contributed by atoms with Crippen LogP contribution in [0, 0.1) is 0 Å². The molecule has 3 aromatic rings. The fourth-order valence-corrected chi connectivity index (χ4v) is 3.49. The summed E-state index contributed by atoms with van der Waals surface area (Å²) in [5, 5.41) is 3.48. The summed E-state index contributed by atoms with van der Waals surface area (Å²) in [6.07, 6.45) is 1.15. The molecule has 0 saturated heterocycles. The summed E-state index contributed by atoms with van der Waals surface area (Å²) in [5.41, 5.74) is 1.96. The van der Waals surface area contributed by atoms with Crippen molar-refractivity contribution in [2.75, 3.05) is 18.5 Å². The molecule has 1 aromatic heterocycles. The van der Waals surface area contributed by atoms with Crippen LogP contribution < -0.4 is 14.8 Å². The van der Waals surface area contributed by atoms with Crippen molar-refractivity contribution in [3.63, 3.8) is 0 Å². The van der Waals surface area contributed by atoms with Gasteiger partial charge in [-0.2, -0.15) is 0 Å². The van der Waals surface area contributed by atoms with Gasteiger partial charge in [-0.05, 0) is 12.0 Å². The molecule has 2 heterocycles. The normalized spacial score (nSPS) is 13.0. The average Bonchev–Trinajstić information content (AvgIpc) is 2.99. The second-order valence-corrected chi connectivity index (χ2v) is 6.55. The number of carbonyl (C=O) groups excluding carboxylic acids is 1. The molecule has 1 aliphatic heterocycles. The largest absolute Gasteiger partial charge is 0.486 e. The number of nitrogens with zero attached hydrogens (tertiary/aromatic N) is 1. The number of rotatable bonds is 4. The molecule has 5 nitrogen and oxygen atoms in total. The zero-order valence-electron chi connectivity index (χ0n) is 13.0. The van der Waals surface area contributed by atoms with E-state index in [1.165, 1.54) is 11.3 Å². The summed E-state index contributed by atoms with van der Waals surface area (Å²) in [6, 6.07) is 13.8. The van der Waals surface area contributed by atoms with Crippen molar-refractivity contribution in [3.05, 3.63) is 48.0 Å². The smallest absolute Gasteiger partial charge is 0.226 e. The van der Waals surface area contributed by atoms with Gasteiger partial charge < -0.3 is 14.8 Å². The van der Waals surface area contributed by atoms with Crippen molar-refractivity contribution in [2.45, 2.75) is 12.8 Å². The molecule has 0 atom stereocenters. The van der Waals surface area contributed by atoms with Crippen LogP contribution in [-0.2, 0) is 11.2 Å². The maximum absolute atomic E-state index is 12.1. The van der Waals surface area contributed by atoms with E-state index in [1.54, 1.807) is 0 Å². The number of aryl methyl sites for hydroxylation is 1. The van der Waals surface area contributed by atoms with Crippen LogP contribution in [0.1, 0.15) is 12.0 Å². The van der Waals surface area contributed by atoms with Crippen molar-refractivity contribution in [1.82, 2.24) is 4.98 Å². The van der Waals surface area contributed by atoms with Gasteiger partial charge in [-0.25, -0.2) is 4.98 Å². The molecular weight excluding hydrogens is 324 g/mol. The molecular formula is C18H16N2O3S. The fourth-order valence-electron chi connectivity index (χ4n) is 2.60. The van der Waals surface area contributed by atoms with Crippen LogP contribution >= 0.6 is 11.3 Å². The number of amides is 1. The zero-order valence-corrected chi connectivity index (χ0v) is 13.8. The molecule has 0 aliphatic carbocycles. The molecule has 0 radical (unpaired) electrons. The topological polar surface area (TPSA) is 60.5 Å². The van der Waals surface area contributed by atoms with E-state index in [0.717, 1.165) is 21.5 Å². The van der Waals surface area contributed by atoms with Crippen LogP contribution in [0.2, 0.25) is 0 Å². The van der Waals surface area contributed by atoms with E-state index in [9.17, 15) is 4.79 Å². The zero-order chi connectivity index (χ0) is 16.4. The lowest BCUT2D eigenvalue weighted by molar-refractivity contribution is -0.116. The molecule has 0 bridgehead atoms. The number of anilines is 1. The minimum atomic E-state index is -0.0322. The lowest BCUT2D eigenvalue weighted by atomic mass is 10.1. The third-order valence-corrected chi connectivity index (χ3v) is 4.72. The summed E-state index contributed by atoms with van der Waals surface area (Å²) in [5.74, 6) is 1.41. The van der Waals surface area contributed by atoms with E-state index in [0.29, 0.717) is 36.9 Å². The van der Waals surface area contributed by atoms with Crippen LogP contribution in [0.4, 0.5) is 5.13 Å². The second-order valence-electron chi connectivity index (χ2n) is 5.52. The lowest BCUT2D eigenvalue weighted by Gasteiger charge is -2.17. The predicted octanol–water partition coefficient (Wildman–Crippen LogP) is 3.64. The molecule has 6 heteroatoms. The van der Waals surface area contributed by atoms with E-state index in [2.05, 4.69) is 10.3 Å². The highest BCUT2D eigenvalue weighted by molar-refractivity contribution is 7.22. The summed E-state index contributed by atoms with van der Waals surface area (Å²) < 4.78 is 12.1. The van der Waals surface area contributed by atoms with Gasteiger partial charge in [0.25, 0.3) is 0 Å². The van der Waals surface area contributed by atoms with E-state index < -0.39 is 0 Å². The highest BCUT2D eigenvalue weighted by atomic mass is 32.1. The maximum Gasteiger partial charge on any atom is 0.226 e. The first-order valence-corrected chi connectivity index (χ1v) is 8.63. The van der Waals surface area contributed by atoms with E-state index in [-0.39, 0.29) is 5.91 Å². The Morgan fingerprint density at radius 2 is 1.88 bits per heavy atom. The Balaban J connectivity index is 1.45. The maximum atomic E-state index is 12.1. The van der Waals surface area contributed by atoms with E-state index >= 15 is 0 Å². The van der Waals surface area contributed by atoms with E-state index in [4.69, 9.17) is 9.47 Å². The number of nitrogens with one attached hydrogen (secondary N) is 1. The number of benzene rings is 2. The van der Waals surface area contributed by atoms with Gasteiger partial charge >= 0.3 is 0 Å². The Hall–Kier alpha value is -2.60. The van der Waals surface area contributed by atoms with Gasteiger partial charge in [-0.1, -0.05) is 41.7 Å². The minimum absolute atomic E-state index is 0.0322. The Labute approximate surface area is 143 Å². The van der Waals surface area contributed by atoms with Gasteiger partial charge in [0.1, 0.15) is 13.2 Å². The number of hydrogen-bond acceptors (Lipinski definition) is 5. The molecule has 0 saturated carbocycles. The van der Waals surface area contributed by atoms with Gasteiger partial charge in [-0.15, -0.1) is 0 Å². The summed E-state index contributed by atoms with van der Waals surface area (Å²) in [4.78, 5) is 16.6. The highest BCUT2D eigenvalue weighted by Crippen LogP contribution is 2.37. The molecule has 1 amide bonds. The molecule has 0 spiro atoms. The molecule has 24 heavy (non-hydrogen) atoms. The molecule has 2 aromatic carbocycles. The summed E-state index contributed by atoms with van der Waals surface area (Å²) >= 11 is 1.44. The number of aromatic nitrogens is 1. The van der Waals surface area contributed by atoms with Crippen molar-refractivity contribution in [3.8, 4) is 11.5 Å². The van der Waals surface area contributed by atoms with Gasteiger partial charge in [0.15, 0.2) is 16.6 Å². The molecule has 0 fully saturated rings. The van der Waals surface area contributed by atoms with Crippen LogP contribution in [0.15, 0.2) is 42.5 Å². The molecule has 122 valence electrons. The molecule has 0 unspecified atom stereocenters. The second kappa shape index (κ2) is 6.49. The minimum Gasteiger partial charge on any atom is -0.486 e. The Morgan fingerprint density at radius 1 is 1.12 bits per heavy atom. The first kappa shape index (κ1) is 15.0. The first-order valence-electron chi connectivity index (χ1n) is 7.82. The molecule has 1 aliphatic rings. The summed E-state index contributed by atoms with van der Waals surface area (Å²) in [6.45, 7) is 1.10. The van der Waals surface area contributed by atoms with Crippen LogP contribution in [0.5, 0.6) is 11.5 Å². The van der Waals surface area contributed by atoms with Crippen molar-refractivity contribution in [1.29, 1.82) is 0 Å². The Bertz CT molecular complexity index is 834. The average molecular weight is 340 g/mol. The fraction of sp³-hybridized carbons (Fsp3) is 0.222. The van der Waals surface area contributed by atoms with Gasteiger partial charge in [0, 0.05) is 18.6 Å². The third-order valence-electron chi connectivity index (χ3n) is 3.78. The highest BCUT2D eigenvalue weighted by Gasteiger charge is 2.16. The summed E-state index contributed by atoms with van der Waals surface area (Å²) in [7, 11) is 0. The Morgan fingerprint density at radius 3 is 2.67 bits per heavy atom. The van der Waals surface area contributed by atoms with Crippen molar-refractivity contribution >= 4 is 32.6 Å². The number of fused-ring (bicyclic) bond motifs is 2. The van der Waals surface area contributed by atoms with Crippen LogP contribution in [0.3, 0.4) is 0 Å². The van der Waals surface area contributed by atoms with Crippen LogP contribution in [0.25, 0.3) is 10.2 Å². The van der Waals surface area contributed by atoms with Gasteiger partial charge in [0.05, 0.1) is 10.2 Å². The van der Waals surface area contributed by atoms with E-state index in [1.807, 2.05) is 42.5 Å². The molecule has 4 rings (SSSR count). The number of thiazole rings is 1. The SMILES string of the molecule is O=C(CCc1ccccc1)Nc1nc2cc3c(cc2s1)OCCO3. The first-order chi connectivity index (χ1) is 11.8. The number of ether oxygens (including phenoxy) is 2. The predicted molar refractivity (Wildman–Crippen MR) is 94.0 cm³/mol. The quantitative estimate of drug-likeness (QED) is 0.788. The lowest BCUT2D eigenvalue weighted by Crippen LogP contribution is -2.15. The monoisotopic (exact) mass is 340 g/mol. The Kier molecular flexibility index (Phi) is 4.04. The third kappa shape index (κ3) is 3.19.